The lowest BCUT2D eigenvalue weighted by molar-refractivity contribution is -0.136. The molecule has 0 aromatic heterocycles. The third-order valence-electron chi connectivity index (χ3n) is 2.41. The second kappa shape index (κ2) is 8.52. The van der Waals surface area contributed by atoms with Gasteiger partial charge in [-0.2, -0.15) is 0 Å². The zero-order valence-corrected chi connectivity index (χ0v) is 11.9. The van der Waals surface area contributed by atoms with Gasteiger partial charge >= 0.3 is 11.8 Å². The van der Waals surface area contributed by atoms with Gasteiger partial charge in [0.25, 0.3) is 0 Å². The predicted octanol–water partition coefficient (Wildman–Crippen LogP) is 0.712. The number of halogens is 1. The van der Waals surface area contributed by atoms with E-state index in [0.717, 1.165) is 5.56 Å². The standard InChI is InChI=1S/C13H17ClN2O4/c1-9-8-10(14)2-3-11(9)16-13(19)12(18)15-4-6-20-7-5-17/h2-3,8,17H,4-7H2,1H3,(H,15,18)(H,16,19). The van der Waals surface area contributed by atoms with Gasteiger partial charge in [-0.05, 0) is 30.7 Å². The van der Waals surface area contributed by atoms with E-state index in [9.17, 15) is 9.59 Å². The van der Waals surface area contributed by atoms with Crippen molar-refractivity contribution in [2.45, 2.75) is 6.92 Å². The Kier molecular flexibility index (Phi) is 7.00. The molecule has 2 amide bonds. The van der Waals surface area contributed by atoms with Gasteiger partial charge in [0.05, 0.1) is 19.8 Å². The van der Waals surface area contributed by atoms with Crippen molar-refractivity contribution in [2.24, 2.45) is 0 Å². The first-order valence-corrected chi connectivity index (χ1v) is 6.46. The Balaban J connectivity index is 2.39. The summed E-state index contributed by atoms with van der Waals surface area (Å²) in [6, 6.07) is 4.95. The normalized spacial score (nSPS) is 10.2. The van der Waals surface area contributed by atoms with E-state index >= 15 is 0 Å². The largest absolute Gasteiger partial charge is 0.394 e. The number of hydrogen-bond donors (Lipinski definition) is 3. The molecule has 0 aliphatic heterocycles. The van der Waals surface area contributed by atoms with Gasteiger partial charge < -0.3 is 20.5 Å². The van der Waals surface area contributed by atoms with E-state index in [-0.39, 0.29) is 26.4 Å². The Hall–Kier alpha value is -1.63. The number of carbonyl (C=O) groups is 2. The first kappa shape index (κ1) is 16.4. The fraction of sp³-hybridized carbons (Fsp3) is 0.385. The number of nitrogens with one attached hydrogen (secondary N) is 2. The Morgan fingerprint density at radius 1 is 1.30 bits per heavy atom. The third-order valence-corrected chi connectivity index (χ3v) is 2.65. The van der Waals surface area contributed by atoms with Gasteiger partial charge in [-0.3, -0.25) is 9.59 Å². The van der Waals surface area contributed by atoms with Crippen LogP contribution < -0.4 is 10.6 Å². The molecule has 0 saturated carbocycles. The number of aryl methyl sites for hydroxylation is 1. The fourth-order valence-electron chi connectivity index (χ4n) is 1.43. The summed E-state index contributed by atoms with van der Waals surface area (Å²) < 4.78 is 4.95. The SMILES string of the molecule is Cc1cc(Cl)ccc1NC(=O)C(=O)NCCOCCO. The highest BCUT2D eigenvalue weighted by Crippen LogP contribution is 2.19. The van der Waals surface area contributed by atoms with Crippen LogP contribution in [0.25, 0.3) is 0 Å². The molecule has 0 atom stereocenters. The van der Waals surface area contributed by atoms with Crippen LogP contribution in [0.3, 0.4) is 0 Å². The van der Waals surface area contributed by atoms with Crippen molar-refractivity contribution in [1.29, 1.82) is 0 Å². The molecule has 1 rings (SSSR count). The van der Waals surface area contributed by atoms with Gasteiger partial charge in [0.15, 0.2) is 0 Å². The summed E-state index contributed by atoms with van der Waals surface area (Å²) in [5, 5.41) is 14.0. The van der Waals surface area contributed by atoms with E-state index < -0.39 is 11.8 Å². The Labute approximate surface area is 122 Å². The molecule has 0 saturated heterocycles. The van der Waals surface area contributed by atoms with Crippen LogP contribution in [0.1, 0.15) is 5.56 Å². The number of aliphatic hydroxyl groups is 1. The number of aliphatic hydroxyl groups excluding tert-OH is 1. The van der Waals surface area contributed by atoms with Gasteiger partial charge in [0.2, 0.25) is 0 Å². The number of amides is 2. The molecule has 0 aliphatic carbocycles. The molecule has 0 unspecified atom stereocenters. The molecule has 0 bridgehead atoms. The summed E-state index contributed by atoms with van der Waals surface area (Å²) in [6.07, 6.45) is 0. The first-order valence-electron chi connectivity index (χ1n) is 6.08. The lowest BCUT2D eigenvalue weighted by atomic mass is 10.2. The highest BCUT2D eigenvalue weighted by Gasteiger charge is 2.13. The van der Waals surface area contributed by atoms with Crippen molar-refractivity contribution in [2.75, 3.05) is 31.7 Å². The molecule has 0 spiro atoms. The van der Waals surface area contributed by atoms with E-state index in [1.165, 1.54) is 0 Å². The minimum absolute atomic E-state index is 0.0791. The minimum atomic E-state index is -0.752. The van der Waals surface area contributed by atoms with E-state index in [2.05, 4.69) is 10.6 Å². The zero-order valence-electron chi connectivity index (χ0n) is 11.1. The Morgan fingerprint density at radius 2 is 2.05 bits per heavy atom. The maximum absolute atomic E-state index is 11.6. The molecule has 0 radical (unpaired) electrons. The molecule has 110 valence electrons. The summed E-state index contributed by atoms with van der Waals surface area (Å²) in [5.41, 5.74) is 1.30. The smallest absolute Gasteiger partial charge is 0.313 e. The lowest BCUT2D eigenvalue weighted by Gasteiger charge is -2.09. The molecule has 0 aliphatic rings. The van der Waals surface area contributed by atoms with Gasteiger partial charge in [0, 0.05) is 17.3 Å². The van der Waals surface area contributed by atoms with Gasteiger partial charge in [-0.15, -0.1) is 0 Å². The Morgan fingerprint density at radius 3 is 2.70 bits per heavy atom. The predicted molar refractivity (Wildman–Crippen MR) is 75.7 cm³/mol. The van der Waals surface area contributed by atoms with E-state index in [1.54, 1.807) is 25.1 Å². The Bertz CT molecular complexity index is 479. The van der Waals surface area contributed by atoms with Crippen molar-refractivity contribution < 1.29 is 19.4 Å². The minimum Gasteiger partial charge on any atom is -0.394 e. The molecule has 3 N–H and O–H groups in total. The van der Waals surface area contributed by atoms with Crippen molar-refractivity contribution in [3.63, 3.8) is 0 Å². The molecule has 0 heterocycles. The summed E-state index contributed by atoms with van der Waals surface area (Å²) in [6.45, 7) is 2.34. The zero-order chi connectivity index (χ0) is 15.0. The molecule has 6 nitrogen and oxygen atoms in total. The molecular formula is C13H17ClN2O4. The maximum atomic E-state index is 11.6. The van der Waals surface area contributed by atoms with Crippen molar-refractivity contribution in [1.82, 2.24) is 5.32 Å². The number of rotatable bonds is 6. The second-order valence-electron chi connectivity index (χ2n) is 4.01. The van der Waals surface area contributed by atoms with Crippen LogP contribution in [0.4, 0.5) is 5.69 Å². The lowest BCUT2D eigenvalue weighted by Crippen LogP contribution is -2.37. The van der Waals surface area contributed by atoms with Crippen molar-refractivity contribution >= 4 is 29.1 Å². The second-order valence-corrected chi connectivity index (χ2v) is 4.44. The highest BCUT2D eigenvalue weighted by atomic mass is 35.5. The van der Waals surface area contributed by atoms with Crippen molar-refractivity contribution in [3.05, 3.63) is 28.8 Å². The topological polar surface area (TPSA) is 87.7 Å². The van der Waals surface area contributed by atoms with Crippen LogP contribution in [0.2, 0.25) is 5.02 Å². The van der Waals surface area contributed by atoms with Gasteiger partial charge in [-0.25, -0.2) is 0 Å². The summed E-state index contributed by atoms with van der Waals surface area (Å²) in [4.78, 5) is 23.1. The molecule has 20 heavy (non-hydrogen) atoms. The summed E-state index contributed by atoms with van der Waals surface area (Å²) in [5.74, 6) is -1.50. The van der Waals surface area contributed by atoms with Crippen LogP contribution in [0.5, 0.6) is 0 Å². The van der Waals surface area contributed by atoms with Crippen LogP contribution in [0, 0.1) is 6.92 Å². The first-order chi connectivity index (χ1) is 9.54. The maximum Gasteiger partial charge on any atom is 0.313 e. The molecule has 1 aromatic rings. The highest BCUT2D eigenvalue weighted by molar-refractivity contribution is 6.39. The number of hydrogen-bond acceptors (Lipinski definition) is 4. The monoisotopic (exact) mass is 300 g/mol. The van der Waals surface area contributed by atoms with Gasteiger partial charge in [0.1, 0.15) is 0 Å². The number of carbonyl (C=O) groups excluding carboxylic acids is 2. The third kappa shape index (κ3) is 5.56. The number of benzene rings is 1. The van der Waals surface area contributed by atoms with E-state index in [4.69, 9.17) is 21.4 Å². The molecule has 1 aromatic carbocycles. The molecule has 7 heteroatoms. The van der Waals surface area contributed by atoms with Crippen LogP contribution >= 0.6 is 11.6 Å². The van der Waals surface area contributed by atoms with Gasteiger partial charge in [-0.1, -0.05) is 11.6 Å². The molecular weight excluding hydrogens is 284 g/mol. The summed E-state index contributed by atoms with van der Waals surface area (Å²) in [7, 11) is 0. The average Bonchev–Trinajstić information content (AvgIpc) is 2.41. The van der Waals surface area contributed by atoms with E-state index in [0.29, 0.717) is 10.7 Å². The fourth-order valence-corrected chi connectivity index (χ4v) is 1.66. The van der Waals surface area contributed by atoms with Crippen LogP contribution in [-0.4, -0.2) is 43.3 Å². The van der Waals surface area contributed by atoms with Crippen LogP contribution in [0.15, 0.2) is 18.2 Å². The molecule has 0 fully saturated rings. The average molecular weight is 301 g/mol. The van der Waals surface area contributed by atoms with E-state index in [1.807, 2.05) is 0 Å². The number of anilines is 1. The summed E-state index contributed by atoms with van der Waals surface area (Å²) >= 11 is 5.80. The van der Waals surface area contributed by atoms with Crippen molar-refractivity contribution in [3.8, 4) is 0 Å². The quantitative estimate of drug-likeness (QED) is 0.533. The van der Waals surface area contributed by atoms with Crippen LogP contribution in [-0.2, 0) is 14.3 Å². The number of ether oxygens (including phenoxy) is 1.